The highest BCUT2D eigenvalue weighted by molar-refractivity contribution is 5.80. The van der Waals surface area contributed by atoms with Crippen molar-refractivity contribution < 1.29 is 24.2 Å². The average molecular weight is 494 g/mol. The first kappa shape index (κ1) is 32.9. The highest BCUT2D eigenvalue weighted by Crippen LogP contribution is 2.14. The summed E-state index contributed by atoms with van der Waals surface area (Å²) in [5, 5.41) is 10.9. The summed E-state index contributed by atoms with van der Waals surface area (Å²) in [5.74, 6) is -1.36. The molecule has 202 valence electrons. The lowest BCUT2D eigenvalue weighted by Crippen LogP contribution is -2.28. The number of allylic oxidation sites excluding steroid dienone is 3. The van der Waals surface area contributed by atoms with Crippen LogP contribution in [0.3, 0.4) is 0 Å². The van der Waals surface area contributed by atoms with Gasteiger partial charge in [-0.15, -0.1) is 0 Å². The fraction of sp³-hybridized carbons (Fsp3) is 0.759. The van der Waals surface area contributed by atoms with Crippen molar-refractivity contribution in [3.05, 3.63) is 24.3 Å². The Morgan fingerprint density at radius 2 is 1.37 bits per heavy atom. The van der Waals surface area contributed by atoms with E-state index >= 15 is 0 Å². The van der Waals surface area contributed by atoms with Crippen molar-refractivity contribution in [2.45, 2.75) is 136 Å². The summed E-state index contributed by atoms with van der Waals surface area (Å²) in [6.07, 6.45) is 26.2. The van der Waals surface area contributed by atoms with Crippen LogP contribution in [0.4, 0.5) is 0 Å². The van der Waals surface area contributed by atoms with E-state index in [1.807, 2.05) is 6.08 Å². The maximum absolute atomic E-state index is 12.3. The second-order valence-corrected chi connectivity index (χ2v) is 9.29. The van der Waals surface area contributed by atoms with Crippen LogP contribution >= 0.6 is 0 Å². The number of carbonyl (C=O) groups is 3. The fourth-order valence-electron chi connectivity index (χ4n) is 3.70. The minimum absolute atomic E-state index is 0.106. The number of hydrogen-bond acceptors (Lipinski definition) is 4. The van der Waals surface area contributed by atoms with Gasteiger partial charge in [0.05, 0.1) is 0 Å². The van der Waals surface area contributed by atoms with Gasteiger partial charge in [0, 0.05) is 12.8 Å². The van der Waals surface area contributed by atoms with Crippen LogP contribution < -0.4 is 5.32 Å². The molecule has 0 aromatic carbocycles. The highest BCUT2D eigenvalue weighted by atomic mass is 16.5. The summed E-state index contributed by atoms with van der Waals surface area (Å²) >= 11 is 0. The first-order chi connectivity index (χ1) is 17.0. The Morgan fingerprint density at radius 3 is 2.06 bits per heavy atom. The van der Waals surface area contributed by atoms with Crippen molar-refractivity contribution in [1.29, 1.82) is 0 Å². The molecule has 0 rings (SSSR count). The van der Waals surface area contributed by atoms with E-state index in [0.717, 1.165) is 64.2 Å². The number of amides is 1. The molecule has 0 saturated heterocycles. The molecule has 1 unspecified atom stereocenters. The number of esters is 1. The fourth-order valence-corrected chi connectivity index (χ4v) is 3.70. The van der Waals surface area contributed by atoms with E-state index in [9.17, 15) is 14.4 Å². The molecule has 0 bridgehead atoms. The molecule has 0 fully saturated rings. The van der Waals surface area contributed by atoms with Gasteiger partial charge in [0.2, 0.25) is 5.91 Å². The van der Waals surface area contributed by atoms with Gasteiger partial charge in [0.25, 0.3) is 0 Å². The van der Waals surface area contributed by atoms with E-state index in [1.165, 1.54) is 38.5 Å². The van der Waals surface area contributed by atoms with Crippen molar-refractivity contribution in [3.8, 4) is 0 Å². The van der Waals surface area contributed by atoms with Crippen LogP contribution in [0.1, 0.15) is 129 Å². The summed E-state index contributed by atoms with van der Waals surface area (Å²) in [7, 11) is 0. The number of nitrogens with one attached hydrogen (secondary N) is 1. The van der Waals surface area contributed by atoms with Gasteiger partial charge in [-0.1, -0.05) is 83.4 Å². The molecule has 6 nitrogen and oxygen atoms in total. The van der Waals surface area contributed by atoms with Crippen molar-refractivity contribution in [1.82, 2.24) is 5.32 Å². The molecule has 6 heteroatoms. The second kappa shape index (κ2) is 25.0. The van der Waals surface area contributed by atoms with Gasteiger partial charge < -0.3 is 15.2 Å². The monoisotopic (exact) mass is 493 g/mol. The third kappa shape index (κ3) is 24.8. The smallest absolute Gasteiger partial charge is 0.322 e. The maximum Gasteiger partial charge on any atom is 0.322 e. The van der Waals surface area contributed by atoms with Crippen LogP contribution in [-0.4, -0.2) is 35.6 Å². The van der Waals surface area contributed by atoms with E-state index < -0.39 is 5.97 Å². The molecule has 0 saturated carbocycles. The van der Waals surface area contributed by atoms with Crippen LogP contribution in [0.25, 0.3) is 0 Å². The third-order valence-electron chi connectivity index (χ3n) is 5.81. The van der Waals surface area contributed by atoms with Gasteiger partial charge in [-0.2, -0.15) is 0 Å². The van der Waals surface area contributed by atoms with Gasteiger partial charge >= 0.3 is 11.9 Å². The number of hydrogen-bond donors (Lipinski definition) is 2. The van der Waals surface area contributed by atoms with E-state index in [1.54, 1.807) is 0 Å². The molecule has 0 spiro atoms. The molecule has 0 heterocycles. The Morgan fingerprint density at radius 1 is 0.743 bits per heavy atom. The lowest BCUT2D eigenvalue weighted by atomic mass is 10.1. The number of carbonyl (C=O) groups excluding carboxylic acids is 2. The Balaban J connectivity index is 3.97. The van der Waals surface area contributed by atoms with Crippen molar-refractivity contribution in [3.63, 3.8) is 0 Å². The molecule has 0 aromatic heterocycles. The van der Waals surface area contributed by atoms with Crippen LogP contribution in [0, 0.1) is 0 Å². The third-order valence-corrected chi connectivity index (χ3v) is 5.81. The number of carboxylic acid groups (broad SMARTS) is 1. The Hall–Kier alpha value is -2.11. The molecule has 1 amide bonds. The van der Waals surface area contributed by atoms with E-state index in [4.69, 9.17) is 9.84 Å². The molecule has 0 radical (unpaired) electrons. The molecule has 0 aliphatic carbocycles. The van der Waals surface area contributed by atoms with Crippen molar-refractivity contribution in [2.75, 3.05) is 6.54 Å². The summed E-state index contributed by atoms with van der Waals surface area (Å²) < 4.78 is 5.73. The minimum atomic E-state index is -1.03. The SMILES string of the molecule is CCC/C=C\C(CCCCCCC(=O)NCC(=O)O)OC(=O)CCCCCCC/C=C\CCCC. The molecule has 0 aliphatic rings. The van der Waals surface area contributed by atoms with Crippen molar-refractivity contribution >= 4 is 17.8 Å². The quantitative estimate of drug-likeness (QED) is 0.0837. The maximum atomic E-state index is 12.3. The number of ether oxygens (including phenoxy) is 1. The summed E-state index contributed by atoms with van der Waals surface area (Å²) in [6.45, 7) is 4.02. The number of aliphatic carboxylic acids is 1. The highest BCUT2D eigenvalue weighted by Gasteiger charge is 2.11. The zero-order chi connectivity index (χ0) is 26.0. The predicted molar refractivity (Wildman–Crippen MR) is 143 cm³/mol. The lowest BCUT2D eigenvalue weighted by Gasteiger charge is -2.15. The summed E-state index contributed by atoms with van der Waals surface area (Å²) in [4.78, 5) is 34.3. The Kier molecular flexibility index (Phi) is 23.5. The normalized spacial score (nSPS) is 12.3. The molecule has 0 aromatic rings. The first-order valence-corrected chi connectivity index (χ1v) is 14.0. The number of unbranched alkanes of at least 4 members (excludes halogenated alkanes) is 11. The van der Waals surface area contributed by atoms with E-state index in [-0.39, 0.29) is 24.5 Å². The molecule has 35 heavy (non-hydrogen) atoms. The van der Waals surface area contributed by atoms with Gasteiger partial charge in [0.1, 0.15) is 12.6 Å². The number of carboxylic acids is 1. The van der Waals surface area contributed by atoms with Gasteiger partial charge in [-0.3, -0.25) is 14.4 Å². The topological polar surface area (TPSA) is 92.7 Å². The van der Waals surface area contributed by atoms with E-state index in [2.05, 4.69) is 37.4 Å². The standard InChI is InChI=1S/C29H51NO5/c1-3-5-7-8-9-10-11-12-13-14-20-24-29(34)35-26(21-17-6-4-2)22-18-15-16-19-23-27(31)30-25-28(32)33/h8-9,17,21,26H,3-7,10-16,18-20,22-25H2,1-2H3,(H,30,31)(H,32,33)/b9-8-,21-17-. The molecule has 0 aliphatic heterocycles. The summed E-state index contributed by atoms with van der Waals surface area (Å²) in [5.41, 5.74) is 0. The van der Waals surface area contributed by atoms with Crippen LogP contribution in [0.5, 0.6) is 0 Å². The Bertz CT molecular complexity index is 600. The molecular weight excluding hydrogens is 442 g/mol. The number of rotatable bonds is 24. The summed E-state index contributed by atoms with van der Waals surface area (Å²) in [6, 6.07) is 0. The first-order valence-electron chi connectivity index (χ1n) is 14.0. The molecular formula is C29H51NO5. The van der Waals surface area contributed by atoms with Gasteiger partial charge in [-0.25, -0.2) is 0 Å². The second-order valence-electron chi connectivity index (χ2n) is 9.29. The van der Waals surface area contributed by atoms with Crippen LogP contribution in [0.2, 0.25) is 0 Å². The average Bonchev–Trinajstić information content (AvgIpc) is 2.83. The van der Waals surface area contributed by atoms with Crippen molar-refractivity contribution in [2.24, 2.45) is 0 Å². The lowest BCUT2D eigenvalue weighted by molar-refractivity contribution is -0.147. The van der Waals surface area contributed by atoms with Crippen LogP contribution in [-0.2, 0) is 19.1 Å². The predicted octanol–water partition coefficient (Wildman–Crippen LogP) is 7.27. The Labute approximate surface area is 214 Å². The zero-order valence-corrected chi connectivity index (χ0v) is 22.4. The molecule has 2 N–H and O–H groups in total. The van der Waals surface area contributed by atoms with Gasteiger partial charge in [0.15, 0.2) is 0 Å². The van der Waals surface area contributed by atoms with Crippen LogP contribution in [0.15, 0.2) is 24.3 Å². The molecule has 1 atom stereocenters. The minimum Gasteiger partial charge on any atom is -0.480 e. The van der Waals surface area contributed by atoms with Gasteiger partial charge in [-0.05, 0) is 57.4 Å². The largest absolute Gasteiger partial charge is 0.480 e. The zero-order valence-electron chi connectivity index (χ0n) is 22.4. The van der Waals surface area contributed by atoms with E-state index in [0.29, 0.717) is 12.8 Å².